The van der Waals surface area contributed by atoms with E-state index in [-0.39, 0.29) is 30.0 Å². The summed E-state index contributed by atoms with van der Waals surface area (Å²) in [6, 6.07) is 20.5. The van der Waals surface area contributed by atoms with Gasteiger partial charge in [0.05, 0.1) is 17.7 Å². The van der Waals surface area contributed by atoms with Gasteiger partial charge in [0, 0.05) is 25.0 Å². The quantitative estimate of drug-likeness (QED) is 0.309. The minimum absolute atomic E-state index is 0.0233. The SMILES string of the molecule is N#Cc1cccc(C2ONC(C(=O)NC3CN(Cc4ccccc4)NC3C3CCCCCCCC3)C2C2CCCCCCC2)c1. The zero-order chi connectivity index (χ0) is 30.8. The van der Waals surface area contributed by atoms with E-state index >= 15 is 0 Å². The summed E-state index contributed by atoms with van der Waals surface area (Å²) in [4.78, 5) is 20.7. The summed E-state index contributed by atoms with van der Waals surface area (Å²) in [6.07, 6.45) is 18.5. The van der Waals surface area contributed by atoms with E-state index in [4.69, 9.17) is 4.84 Å². The smallest absolute Gasteiger partial charge is 0.240 e. The van der Waals surface area contributed by atoms with Crippen LogP contribution in [0.1, 0.15) is 119 Å². The number of amides is 1. The first-order valence-electron chi connectivity index (χ1n) is 18.0. The molecule has 2 saturated heterocycles. The Kier molecular flexibility index (Phi) is 11.6. The standard InChI is InChI=1S/C38H53N5O2/c39-25-29-18-15-23-32(24-29)37-34(30-19-11-6-3-7-12-20-30)36(42-45-37)38(44)40-33-27-43(26-28-16-9-8-10-17-28)41-35(33)31-21-13-4-1-2-5-14-22-31/h8-10,15-18,23-24,30-31,33-37,41-42H,1-7,11-14,19-22,26-27H2,(H,40,44). The first kappa shape index (κ1) is 32.2. The maximum Gasteiger partial charge on any atom is 0.240 e. The van der Waals surface area contributed by atoms with E-state index in [1.165, 1.54) is 89.0 Å². The molecule has 5 unspecified atom stereocenters. The molecule has 0 bridgehead atoms. The predicted octanol–water partition coefficient (Wildman–Crippen LogP) is 7.10. The lowest BCUT2D eigenvalue weighted by molar-refractivity contribution is -0.126. The number of nitrogens with zero attached hydrogens (tertiary/aromatic N) is 2. The Labute approximate surface area is 270 Å². The number of carbonyl (C=O) groups excluding carboxylic acids is 1. The van der Waals surface area contributed by atoms with Gasteiger partial charge in [-0.15, -0.1) is 0 Å². The first-order chi connectivity index (χ1) is 22.2. The number of nitrogens with one attached hydrogen (secondary N) is 3. The number of hydroxylamine groups is 1. The number of hydrazine groups is 1. The molecule has 0 radical (unpaired) electrons. The summed E-state index contributed by atoms with van der Waals surface area (Å²) in [6.45, 7) is 1.61. The van der Waals surface area contributed by atoms with Crippen molar-refractivity contribution in [2.75, 3.05) is 6.54 Å². The van der Waals surface area contributed by atoms with Gasteiger partial charge in [-0.3, -0.25) is 9.63 Å². The maximum atomic E-state index is 14.4. The lowest BCUT2D eigenvalue weighted by Gasteiger charge is -2.33. The van der Waals surface area contributed by atoms with Crippen LogP contribution in [-0.4, -0.2) is 35.6 Å². The van der Waals surface area contributed by atoms with Gasteiger partial charge in [-0.25, -0.2) is 10.4 Å². The Morgan fingerprint density at radius 1 is 0.844 bits per heavy atom. The van der Waals surface area contributed by atoms with Crippen LogP contribution in [0.2, 0.25) is 0 Å². The average molecular weight is 612 g/mol. The molecule has 6 rings (SSSR count). The molecule has 7 nitrogen and oxygen atoms in total. The number of rotatable bonds is 7. The molecule has 7 heteroatoms. The van der Waals surface area contributed by atoms with Gasteiger partial charge in [0.2, 0.25) is 5.91 Å². The number of hydrogen-bond acceptors (Lipinski definition) is 6. The topological polar surface area (TPSA) is 89.4 Å². The van der Waals surface area contributed by atoms with Gasteiger partial charge in [-0.1, -0.05) is 113 Å². The highest BCUT2D eigenvalue weighted by Gasteiger charge is 2.48. The van der Waals surface area contributed by atoms with Crippen LogP contribution in [0.15, 0.2) is 54.6 Å². The molecule has 2 aliphatic carbocycles. The second kappa shape index (κ2) is 16.2. The molecule has 1 amide bonds. The molecule has 2 aliphatic heterocycles. The summed E-state index contributed by atoms with van der Waals surface area (Å²) in [5.41, 5.74) is 10.0. The molecule has 2 aromatic carbocycles. The minimum atomic E-state index is -0.422. The van der Waals surface area contributed by atoms with Gasteiger partial charge in [-0.2, -0.15) is 10.7 Å². The van der Waals surface area contributed by atoms with Crippen LogP contribution >= 0.6 is 0 Å². The minimum Gasteiger partial charge on any atom is -0.349 e. The summed E-state index contributed by atoms with van der Waals surface area (Å²) in [5, 5.41) is 15.5. The van der Waals surface area contributed by atoms with Crippen LogP contribution < -0.4 is 16.2 Å². The number of carbonyl (C=O) groups is 1. The Balaban J connectivity index is 1.23. The van der Waals surface area contributed by atoms with Gasteiger partial charge in [0.1, 0.15) is 12.1 Å². The summed E-state index contributed by atoms with van der Waals surface area (Å²) < 4.78 is 0. The molecule has 5 atom stereocenters. The van der Waals surface area contributed by atoms with Crippen LogP contribution in [0.3, 0.4) is 0 Å². The Morgan fingerprint density at radius 3 is 2.16 bits per heavy atom. The molecule has 4 fully saturated rings. The third-order valence-corrected chi connectivity index (χ3v) is 11.0. The Bertz CT molecular complexity index is 1250. The molecular weight excluding hydrogens is 558 g/mol. The zero-order valence-corrected chi connectivity index (χ0v) is 27.0. The normalized spacial score (nSPS) is 29.5. The largest absolute Gasteiger partial charge is 0.349 e. The third-order valence-electron chi connectivity index (χ3n) is 11.0. The van der Waals surface area contributed by atoms with Crippen LogP contribution in [0.4, 0.5) is 0 Å². The van der Waals surface area contributed by atoms with Crippen molar-refractivity contribution in [2.45, 2.75) is 127 Å². The Hall–Kier alpha value is -2.76. The third kappa shape index (κ3) is 8.34. The van der Waals surface area contributed by atoms with E-state index < -0.39 is 6.04 Å². The van der Waals surface area contributed by atoms with E-state index in [1.54, 1.807) is 0 Å². The van der Waals surface area contributed by atoms with Crippen molar-refractivity contribution in [1.29, 1.82) is 5.26 Å². The van der Waals surface area contributed by atoms with Gasteiger partial charge in [-0.05, 0) is 60.8 Å². The molecule has 3 N–H and O–H groups in total. The highest BCUT2D eigenvalue weighted by Crippen LogP contribution is 2.43. The molecule has 2 heterocycles. The van der Waals surface area contributed by atoms with E-state index in [9.17, 15) is 10.1 Å². The second-order valence-electron chi connectivity index (χ2n) is 14.1. The molecule has 242 valence electrons. The van der Waals surface area contributed by atoms with Crippen molar-refractivity contribution in [3.8, 4) is 6.07 Å². The van der Waals surface area contributed by atoms with Crippen molar-refractivity contribution in [3.05, 3.63) is 71.3 Å². The fourth-order valence-corrected chi connectivity index (χ4v) is 8.66. The van der Waals surface area contributed by atoms with Crippen molar-refractivity contribution in [3.63, 3.8) is 0 Å². The lowest BCUT2D eigenvalue weighted by atomic mass is 9.74. The summed E-state index contributed by atoms with van der Waals surface area (Å²) in [5.74, 6) is 1.02. The first-order valence-corrected chi connectivity index (χ1v) is 18.0. The number of hydrogen-bond donors (Lipinski definition) is 3. The lowest BCUT2D eigenvalue weighted by Crippen LogP contribution is -2.54. The predicted molar refractivity (Wildman–Crippen MR) is 177 cm³/mol. The second-order valence-corrected chi connectivity index (χ2v) is 14.1. The van der Waals surface area contributed by atoms with Gasteiger partial charge in [0.15, 0.2) is 0 Å². The molecule has 2 saturated carbocycles. The van der Waals surface area contributed by atoms with E-state index in [1.807, 2.05) is 18.2 Å². The zero-order valence-electron chi connectivity index (χ0n) is 27.0. The van der Waals surface area contributed by atoms with Crippen LogP contribution in [-0.2, 0) is 16.2 Å². The summed E-state index contributed by atoms with van der Waals surface area (Å²) >= 11 is 0. The van der Waals surface area contributed by atoms with Gasteiger partial charge in [0.25, 0.3) is 0 Å². The highest BCUT2D eigenvalue weighted by molar-refractivity contribution is 5.83. The van der Waals surface area contributed by atoms with Gasteiger partial charge >= 0.3 is 0 Å². The van der Waals surface area contributed by atoms with Crippen molar-refractivity contribution >= 4 is 5.91 Å². The van der Waals surface area contributed by atoms with Crippen molar-refractivity contribution in [2.24, 2.45) is 17.8 Å². The van der Waals surface area contributed by atoms with E-state index in [2.05, 4.69) is 63.7 Å². The van der Waals surface area contributed by atoms with E-state index in [0.29, 0.717) is 17.4 Å². The molecule has 0 spiro atoms. The average Bonchev–Trinajstić information content (AvgIpc) is 3.69. The summed E-state index contributed by atoms with van der Waals surface area (Å²) in [7, 11) is 0. The number of benzene rings is 2. The molecule has 45 heavy (non-hydrogen) atoms. The molecule has 2 aromatic rings. The van der Waals surface area contributed by atoms with Crippen LogP contribution in [0.5, 0.6) is 0 Å². The fraction of sp³-hybridized carbons (Fsp3) is 0.632. The molecule has 4 aliphatic rings. The number of nitriles is 1. The van der Waals surface area contributed by atoms with Crippen molar-refractivity contribution < 1.29 is 9.63 Å². The van der Waals surface area contributed by atoms with Crippen LogP contribution in [0.25, 0.3) is 0 Å². The van der Waals surface area contributed by atoms with Crippen LogP contribution in [0, 0.1) is 29.1 Å². The Morgan fingerprint density at radius 2 is 1.49 bits per heavy atom. The van der Waals surface area contributed by atoms with Gasteiger partial charge < -0.3 is 5.32 Å². The maximum absolute atomic E-state index is 14.4. The highest BCUT2D eigenvalue weighted by atomic mass is 16.7. The molecular formula is C38H53N5O2. The fourth-order valence-electron chi connectivity index (χ4n) is 8.66. The van der Waals surface area contributed by atoms with E-state index in [0.717, 1.165) is 31.5 Å². The van der Waals surface area contributed by atoms with Crippen molar-refractivity contribution in [1.82, 2.24) is 21.2 Å². The molecule has 0 aromatic heterocycles. The monoisotopic (exact) mass is 611 g/mol.